The van der Waals surface area contributed by atoms with Crippen LogP contribution in [0.5, 0.6) is 11.5 Å². The van der Waals surface area contributed by atoms with Gasteiger partial charge in [0, 0.05) is 22.8 Å². The molecule has 1 fully saturated rings. The van der Waals surface area contributed by atoms with E-state index in [0.29, 0.717) is 22.2 Å². The summed E-state index contributed by atoms with van der Waals surface area (Å²) in [5.74, 6) is 2.60. The summed E-state index contributed by atoms with van der Waals surface area (Å²) in [6.45, 7) is 8.06. The maximum Gasteiger partial charge on any atom is 0.231 e. The van der Waals surface area contributed by atoms with Crippen molar-refractivity contribution in [3.05, 3.63) is 59.8 Å². The Hall–Kier alpha value is -1.68. The molecule has 2 unspecified atom stereocenters. The predicted octanol–water partition coefficient (Wildman–Crippen LogP) is 5.11. The summed E-state index contributed by atoms with van der Waals surface area (Å²) in [5, 5.41) is 9.57. The molecule has 1 saturated carbocycles. The van der Waals surface area contributed by atoms with Crippen LogP contribution in [-0.2, 0) is 6.42 Å². The molecule has 0 spiro atoms. The number of nitrogens with zero attached hydrogens (tertiary/aromatic N) is 1. The minimum absolute atomic E-state index is 0.0211. The molecule has 0 aliphatic heterocycles. The first-order valence-corrected chi connectivity index (χ1v) is 9.87. The molecule has 1 N–H and O–H groups in total. The van der Waals surface area contributed by atoms with E-state index in [1.807, 2.05) is 18.2 Å². The Bertz CT molecular complexity index is 710. The van der Waals surface area contributed by atoms with E-state index in [1.165, 1.54) is 0 Å². The first kappa shape index (κ1) is 18.1. The lowest BCUT2D eigenvalue weighted by Gasteiger charge is -2.21. The second-order valence-electron chi connectivity index (χ2n) is 6.56. The molecule has 4 atom stereocenters. The molecule has 5 heteroatoms. The number of ether oxygens (including phenoxy) is 1. The molecular formula is C20H22INO3. The largest absolute Gasteiger partial charge is 0.508 e. The predicted molar refractivity (Wildman–Crippen MR) is 105 cm³/mol. The third kappa shape index (κ3) is 4.69. The van der Waals surface area contributed by atoms with Crippen LogP contribution < -0.4 is 4.74 Å². The zero-order chi connectivity index (χ0) is 17.6. The van der Waals surface area contributed by atoms with Gasteiger partial charge >= 0.3 is 0 Å². The summed E-state index contributed by atoms with van der Waals surface area (Å²) in [5.41, 5.74) is 0. The molecule has 1 aromatic heterocycles. The van der Waals surface area contributed by atoms with Gasteiger partial charge in [-0.05, 0) is 43.0 Å². The van der Waals surface area contributed by atoms with Gasteiger partial charge in [0.05, 0.1) is 18.8 Å². The van der Waals surface area contributed by atoms with Gasteiger partial charge in [-0.2, -0.15) is 0 Å². The molecule has 0 amide bonds. The van der Waals surface area contributed by atoms with E-state index in [4.69, 9.17) is 15.7 Å². The first-order valence-electron chi connectivity index (χ1n) is 8.62. The second kappa shape index (κ2) is 8.61. The average molecular weight is 451 g/mol. The Morgan fingerprint density at radius 2 is 2.16 bits per heavy atom. The average Bonchev–Trinajstić information content (AvgIpc) is 3.22. The van der Waals surface area contributed by atoms with Gasteiger partial charge in [0.1, 0.15) is 17.3 Å². The zero-order valence-electron chi connectivity index (χ0n) is 14.0. The van der Waals surface area contributed by atoms with Crippen LogP contribution in [0.4, 0.5) is 0 Å². The molecule has 1 heterocycles. The molecule has 2 aromatic rings. The van der Waals surface area contributed by atoms with Crippen molar-refractivity contribution in [2.75, 3.05) is 6.61 Å². The summed E-state index contributed by atoms with van der Waals surface area (Å²) in [4.78, 5) is 3.85. The number of hydrogen-bond donors (Lipinski definition) is 1. The molecule has 0 radical (unpaired) electrons. The zero-order valence-corrected chi connectivity index (χ0v) is 16.1. The molecule has 0 saturated heterocycles. The summed E-state index contributed by atoms with van der Waals surface area (Å²) in [7, 11) is 0. The molecule has 1 aliphatic rings. The monoisotopic (exact) mass is 451 g/mol. The Morgan fingerprint density at radius 3 is 2.88 bits per heavy atom. The first-order chi connectivity index (χ1) is 12.2. The molecule has 3 rings (SSSR count). The van der Waals surface area contributed by atoms with E-state index in [9.17, 15) is 5.11 Å². The number of furan rings is 1. The maximum atomic E-state index is 9.57. The number of rotatable bonds is 7. The van der Waals surface area contributed by atoms with Gasteiger partial charge in [-0.1, -0.05) is 28.7 Å². The van der Waals surface area contributed by atoms with E-state index in [1.54, 1.807) is 24.5 Å². The number of benzene rings is 1. The minimum atomic E-state index is 0.0211. The van der Waals surface area contributed by atoms with Gasteiger partial charge in [-0.3, -0.25) is 0 Å². The summed E-state index contributed by atoms with van der Waals surface area (Å²) >= 11 is 2.50. The lowest BCUT2D eigenvalue weighted by atomic mass is 9.90. The molecular weight excluding hydrogens is 429 g/mol. The van der Waals surface area contributed by atoms with Gasteiger partial charge in [0.2, 0.25) is 6.04 Å². The van der Waals surface area contributed by atoms with Gasteiger partial charge in [0.25, 0.3) is 0 Å². The number of phenolic OH excluding ortho intramolecular Hbond substituents is 1. The number of halogens is 1. The van der Waals surface area contributed by atoms with Crippen LogP contribution in [0.2, 0.25) is 0 Å². The molecule has 4 nitrogen and oxygen atoms in total. The van der Waals surface area contributed by atoms with Crippen LogP contribution in [0, 0.1) is 18.4 Å². The number of aryl methyl sites for hydroxylation is 1. The van der Waals surface area contributed by atoms with Gasteiger partial charge in [0.15, 0.2) is 0 Å². The smallest absolute Gasteiger partial charge is 0.231 e. The molecule has 25 heavy (non-hydrogen) atoms. The molecule has 132 valence electrons. The highest BCUT2D eigenvalue weighted by Gasteiger charge is 2.46. The standard InChI is InChI=1S/C20H22INO3/c1-22-20-12-19(21)17(9-3-6-15-8-4-10-24-15)18(20)13-25-16-7-2-5-14(23)11-16/h2,4-5,7-8,10-11,17-20,23H,3,6,9,12-13H2/t17-,18-,19?,20?/m1/s1. The SMILES string of the molecule is [C-]#[N+]C1CC(I)[C@H](CCCc2ccco2)[C@H]1COc1cccc(O)c1. The summed E-state index contributed by atoms with van der Waals surface area (Å²) in [6, 6.07) is 10.8. The Balaban J connectivity index is 1.59. The fourth-order valence-corrected chi connectivity index (χ4v) is 5.06. The lowest BCUT2D eigenvalue weighted by molar-refractivity contribution is 0.204. The number of hydrogen-bond acceptors (Lipinski definition) is 3. The van der Waals surface area contributed by atoms with Crippen molar-refractivity contribution in [1.29, 1.82) is 0 Å². The topological polar surface area (TPSA) is 47.0 Å². The normalized spacial score (nSPS) is 25.6. The number of aromatic hydroxyl groups is 1. The van der Waals surface area contributed by atoms with Crippen molar-refractivity contribution in [3.8, 4) is 11.5 Å². The van der Waals surface area contributed by atoms with Gasteiger partial charge in [-0.15, -0.1) is 0 Å². The van der Waals surface area contributed by atoms with E-state index in [-0.39, 0.29) is 17.7 Å². The molecule has 0 bridgehead atoms. The lowest BCUT2D eigenvalue weighted by Crippen LogP contribution is -2.26. The van der Waals surface area contributed by atoms with Crippen molar-refractivity contribution in [3.63, 3.8) is 0 Å². The van der Waals surface area contributed by atoms with Crippen molar-refractivity contribution in [2.45, 2.75) is 35.6 Å². The number of alkyl halides is 1. The van der Waals surface area contributed by atoms with Crippen LogP contribution in [0.15, 0.2) is 47.1 Å². The van der Waals surface area contributed by atoms with E-state index in [0.717, 1.165) is 31.4 Å². The Labute approximate surface area is 162 Å². The van der Waals surface area contributed by atoms with Crippen molar-refractivity contribution >= 4 is 22.6 Å². The van der Waals surface area contributed by atoms with Crippen molar-refractivity contribution in [2.24, 2.45) is 11.8 Å². The maximum absolute atomic E-state index is 9.57. The van der Waals surface area contributed by atoms with Crippen LogP contribution in [0.1, 0.15) is 25.0 Å². The quantitative estimate of drug-likeness (QED) is 0.362. The fourth-order valence-electron chi connectivity index (χ4n) is 3.64. The second-order valence-corrected chi connectivity index (χ2v) is 8.16. The van der Waals surface area contributed by atoms with E-state index < -0.39 is 0 Å². The highest BCUT2D eigenvalue weighted by molar-refractivity contribution is 14.1. The fraction of sp³-hybridized carbons (Fsp3) is 0.450. The minimum Gasteiger partial charge on any atom is -0.508 e. The van der Waals surface area contributed by atoms with Crippen LogP contribution in [0.25, 0.3) is 4.85 Å². The highest BCUT2D eigenvalue weighted by Crippen LogP contribution is 2.42. The molecule has 1 aromatic carbocycles. The highest BCUT2D eigenvalue weighted by atomic mass is 127. The van der Waals surface area contributed by atoms with Crippen molar-refractivity contribution < 1.29 is 14.3 Å². The van der Waals surface area contributed by atoms with Crippen LogP contribution >= 0.6 is 22.6 Å². The van der Waals surface area contributed by atoms with Crippen LogP contribution in [-0.4, -0.2) is 21.7 Å². The van der Waals surface area contributed by atoms with Crippen LogP contribution in [0.3, 0.4) is 0 Å². The third-order valence-electron chi connectivity index (χ3n) is 4.94. The molecule has 1 aliphatic carbocycles. The van der Waals surface area contributed by atoms with Gasteiger partial charge < -0.3 is 19.1 Å². The summed E-state index contributed by atoms with van der Waals surface area (Å²) in [6.07, 6.45) is 5.73. The summed E-state index contributed by atoms with van der Waals surface area (Å²) < 4.78 is 11.8. The third-order valence-corrected chi connectivity index (χ3v) is 6.37. The van der Waals surface area contributed by atoms with E-state index >= 15 is 0 Å². The Kier molecular flexibility index (Phi) is 6.24. The van der Waals surface area contributed by atoms with E-state index in [2.05, 4.69) is 27.4 Å². The van der Waals surface area contributed by atoms with Crippen molar-refractivity contribution in [1.82, 2.24) is 0 Å². The van der Waals surface area contributed by atoms with Gasteiger partial charge in [-0.25, -0.2) is 6.57 Å². The number of phenols is 1. The Morgan fingerprint density at radius 1 is 1.28 bits per heavy atom.